The van der Waals surface area contributed by atoms with E-state index in [0.29, 0.717) is 13.2 Å². The van der Waals surface area contributed by atoms with E-state index >= 15 is 0 Å². The third-order valence-corrected chi connectivity index (χ3v) is 5.78. The SMILES string of the molecule is Br.O=[N+]([O-])c1ccc(N/N=C/c2sc(N3CCOCC3)nc2-c2ccccc2)c([N+](=O)[O-])c1. The number of nitrogens with one attached hydrogen (secondary N) is 1. The lowest BCUT2D eigenvalue weighted by molar-refractivity contribution is -0.393. The first-order valence-electron chi connectivity index (χ1n) is 9.64. The van der Waals surface area contributed by atoms with E-state index in [0.717, 1.165) is 40.4 Å². The van der Waals surface area contributed by atoms with Gasteiger partial charge in [0, 0.05) is 24.7 Å². The van der Waals surface area contributed by atoms with Crippen LogP contribution in [0.3, 0.4) is 0 Å². The van der Waals surface area contributed by atoms with Crippen molar-refractivity contribution in [3.8, 4) is 11.3 Å². The Morgan fingerprint density at radius 2 is 1.82 bits per heavy atom. The summed E-state index contributed by atoms with van der Waals surface area (Å²) in [6.45, 7) is 2.75. The van der Waals surface area contributed by atoms with Crippen molar-refractivity contribution in [3.63, 3.8) is 0 Å². The van der Waals surface area contributed by atoms with Gasteiger partial charge >= 0.3 is 5.69 Å². The van der Waals surface area contributed by atoms with Crippen molar-refractivity contribution < 1.29 is 14.6 Å². The molecule has 0 saturated carbocycles. The second-order valence-corrected chi connectivity index (χ2v) is 7.77. The Hall–Kier alpha value is -3.42. The number of halogens is 1. The van der Waals surface area contributed by atoms with Crippen molar-refractivity contribution in [2.45, 2.75) is 0 Å². The number of nitrogens with zero attached hydrogens (tertiary/aromatic N) is 5. The van der Waals surface area contributed by atoms with E-state index in [-0.39, 0.29) is 28.4 Å². The molecule has 1 saturated heterocycles. The molecular formula is C20H19BrN6O5S. The summed E-state index contributed by atoms with van der Waals surface area (Å²) in [5, 5.41) is 27.2. The number of benzene rings is 2. The molecule has 13 heteroatoms. The summed E-state index contributed by atoms with van der Waals surface area (Å²) in [4.78, 5) is 28.6. The highest BCUT2D eigenvalue weighted by atomic mass is 79.9. The third-order valence-electron chi connectivity index (χ3n) is 4.73. The molecule has 2 aromatic carbocycles. The Balaban J connectivity index is 0.00000306. The maximum atomic E-state index is 11.3. The lowest BCUT2D eigenvalue weighted by atomic mass is 10.1. The number of nitro benzene ring substituents is 2. The van der Waals surface area contributed by atoms with Gasteiger partial charge in [-0.3, -0.25) is 25.7 Å². The average Bonchev–Trinajstić information content (AvgIpc) is 3.24. The molecule has 0 spiro atoms. The van der Waals surface area contributed by atoms with Crippen LogP contribution < -0.4 is 10.3 Å². The van der Waals surface area contributed by atoms with Crippen LogP contribution in [0.25, 0.3) is 11.3 Å². The van der Waals surface area contributed by atoms with Crippen LogP contribution in [0.5, 0.6) is 0 Å². The molecule has 172 valence electrons. The van der Waals surface area contributed by atoms with E-state index in [1.54, 1.807) is 6.21 Å². The molecule has 11 nitrogen and oxygen atoms in total. The van der Waals surface area contributed by atoms with Crippen LogP contribution in [-0.2, 0) is 4.74 Å². The second kappa shape index (κ2) is 10.9. The number of ether oxygens (including phenoxy) is 1. The summed E-state index contributed by atoms with van der Waals surface area (Å²) in [6, 6.07) is 13.0. The molecule has 0 amide bonds. The van der Waals surface area contributed by atoms with Crippen molar-refractivity contribution in [1.29, 1.82) is 0 Å². The van der Waals surface area contributed by atoms with Gasteiger partial charge in [0.15, 0.2) is 5.13 Å². The van der Waals surface area contributed by atoms with Crippen molar-refractivity contribution in [2.75, 3.05) is 36.6 Å². The molecule has 1 aliphatic rings. The third kappa shape index (κ3) is 5.69. The zero-order valence-corrected chi connectivity index (χ0v) is 19.6. The lowest BCUT2D eigenvalue weighted by Crippen LogP contribution is -2.36. The number of nitro groups is 2. The molecule has 1 aliphatic heterocycles. The Bertz CT molecular complexity index is 1170. The van der Waals surface area contributed by atoms with Crippen molar-refractivity contribution in [3.05, 3.63) is 73.6 Å². The number of rotatable bonds is 7. The molecular weight excluding hydrogens is 516 g/mol. The molecule has 0 atom stereocenters. The molecule has 0 aliphatic carbocycles. The first-order chi connectivity index (χ1) is 15.5. The predicted molar refractivity (Wildman–Crippen MR) is 132 cm³/mol. The Morgan fingerprint density at radius 1 is 1.09 bits per heavy atom. The average molecular weight is 535 g/mol. The second-order valence-electron chi connectivity index (χ2n) is 6.76. The molecule has 4 rings (SSSR count). The predicted octanol–water partition coefficient (Wildman–Crippen LogP) is 4.49. The minimum atomic E-state index is -0.691. The normalized spacial score (nSPS) is 13.5. The number of thiazole rings is 1. The molecule has 1 aromatic heterocycles. The van der Waals surface area contributed by atoms with Gasteiger partial charge in [-0.2, -0.15) is 5.10 Å². The van der Waals surface area contributed by atoms with Gasteiger partial charge in [0.05, 0.1) is 45.9 Å². The van der Waals surface area contributed by atoms with E-state index in [9.17, 15) is 20.2 Å². The van der Waals surface area contributed by atoms with Gasteiger partial charge in [-0.05, 0) is 6.07 Å². The van der Waals surface area contributed by atoms with Crippen molar-refractivity contribution >= 4 is 56.7 Å². The minimum Gasteiger partial charge on any atom is -0.378 e. The maximum absolute atomic E-state index is 11.3. The summed E-state index contributed by atoms with van der Waals surface area (Å²) in [6.07, 6.45) is 1.55. The first kappa shape index (κ1) is 24.2. The van der Waals surface area contributed by atoms with Gasteiger partial charge in [-0.15, -0.1) is 17.0 Å². The van der Waals surface area contributed by atoms with Crippen LogP contribution in [0, 0.1) is 20.2 Å². The molecule has 3 aromatic rings. The first-order valence-corrected chi connectivity index (χ1v) is 10.5. The number of morpholine rings is 1. The number of hydrogen-bond donors (Lipinski definition) is 1. The van der Waals surface area contributed by atoms with Crippen LogP contribution in [0.4, 0.5) is 22.2 Å². The highest BCUT2D eigenvalue weighted by Crippen LogP contribution is 2.33. The Labute approximate surface area is 202 Å². The van der Waals surface area contributed by atoms with Gasteiger partial charge in [0.25, 0.3) is 5.69 Å². The van der Waals surface area contributed by atoms with Crippen molar-refractivity contribution in [1.82, 2.24) is 4.98 Å². The molecule has 1 fully saturated rings. The summed E-state index contributed by atoms with van der Waals surface area (Å²) in [5.41, 5.74) is 3.55. The van der Waals surface area contributed by atoms with Gasteiger partial charge in [-0.1, -0.05) is 41.7 Å². The van der Waals surface area contributed by atoms with E-state index in [1.165, 1.54) is 23.5 Å². The maximum Gasteiger partial charge on any atom is 0.301 e. The number of hydrogen-bond acceptors (Lipinski definition) is 10. The fourth-order valence-corrected chi connectivity index (χ4v) is 4.15. The number of hydrazone groups is 1. The Morgan fingerprint density at radius 3 is 2.48 bits per heavy atom. The van der Waals surface area contributed by atoms with E-state index in [4.69, 9.17) is 9.72 Å². The van der Waals surface area contributed by atoms with Gasteiger partial charge < -0.3 is 9.64 Å². The van der Waals surface area contributed by atoms with E-state index < -0.39 is 15.5 Å². The lowest BCUT2D eigenvalue weighted by Gasteiger charge is -2.26. The molecule has 0 radical (unpaired) electrons. The number of non-ortho nitro benzene ring substituents is 1. The van der Waals surface area contributed by atoms with Gasteiger partial charge in [-0.25, -0.2) is 4.98 Å². The monoisotopic (exact) mass is 534 g/mol. The van der Waals surface area contributed by atoms with Crippen LogP contribution in [-0.4, -0.2) is 47.3 Å². The summed E-state index contributed by atoms with van der Waals surface area (Å²) in [7, 11) is 0. The van der Waals surface area contributed by atoms with E-state index in [1.807, 2.05) is 30.3 Å². The topological polar surface area (TPSA) is 136 Å². The summed E-state index contributed by atoms with van der Waals surface area (Å²) >= 11 is 1.46. The highest BCUT2D eigenvalue weighted by Gasteiger charge is 2.20. The molecule has 0 unspecified atom stereocenters. The molecule has 2 heterocycles. The Kier molecular flexibility index (Phi) is 8.03. The van der Waals surface area contributed by atoms with Crippen LogP contribution in [0.2, 0.25) is 0 Å². The van der Waals surface area contributed by atoms with Crippen LogP contribution in [0.15, 0.2) is 53.6 Å². The van der Waals surface area contributed by atoms with Crippen molar-refractivity contribution in [2.24, 2.45) is 5.10 Å². The highest BCUT2D eigenvalue weighted by molar-refractivity contribution is 8.93. The van der Waals surface area contributed by atoms with Crippen LogP contribution in [0.1, 0.15) is 4.88 Å². The smallest absolute Gasteiger partial charge is 0.301 e. The van der Waals surface area contributed by atoms with E-state index in [2.05, 4.69) is 15.4 Å². The summed E-state index contributed by atoms with van der Waals surface area (Å²) < 4.78 is 5.41. The largest absolute Gasteiger partial charge is 0.378 e. The van der Waals surface area contributed by atoms with Gasteiger partial charge in [0.2, 0.25) is 0 Å². The fraction of sp³-hybridized carbons (Fsp3) is 0.200. The summed E-state index contributed by atoms with van der Waals surface area (Å²) in [5.74, 6) is 0. The quantitative estimate of drug-likeness (QED) is 0.266. The number of aromatic nitrogens is 1. The molecule has 33 heavy (non-hydrogen) atoms. The van der Waals surface area contributed by atoms with Gasteiger partial charge in [0.1, 0.15) is 5.69 Å². The fourth-order valence-electron chi connectivity index (χ4n) is 3.14. The number of anilines is 2. The van der Waals surface area contributed by atoms with Crippen LogP contribution >= 0.6 is 28.3 Å². The standard InChI is InChI=1S/C20H18N6O5S.BrH/c27-25(28)15-6-7-16(17(12-15)26(29)30)23-21-13-18-19(14-4-2-1-3-5-14)22-20(32-18)24-8-10-31-11-9-24;/h1-7,12-13,23H,8-11H2;1H/b21-13+;. The molecule has 1 N–H and O–H groups in total. The zero-order chi connectivity index (χ0) is 22.5. The minimum absolute atomic E-state index is 0. The molecule has 0 bridgehead atoms. The zero-order valence-electron chi connectivity index (χ0n) is 17.1.